The van der Waals surface area contributed by atoms with Crippen LogP contribution >= 0.6 is 0 Å². The van der Waals surface area contributed by atoms with Crippen LogP contribution in [0.1, 0.15) is 22.3 Å². The maximum Gasteiger partial charge on any atom is 0.416 e. The van der Waals surface area contributed by atoms with Crippen LogP contribution in [0.4, 0.5) is 13.2 Å². The zero-order valence-corrected chi connectivity index (χ0v) is 10.9. The van der Waals surface area contributed by atoms with Gasteiger partial charge >= 0.3 is 6.18 Å². The van der Waals surface area contributed by atoms with E-state index in [1.54, 1.807) is 0 Å². The fraction of sp³-hybridized carbons (Fsp3) is 0.385. The van der Waals surface area contributed by atoms with Crippen molar-refractivity contribution in [3.63, 3.8) is 0 Å². The molecule has 3 N–H and O–H groups in total. The number of rotatable bonds is 4. The van der Waals surface area contributed by atoms with Gasteiger partial charge in [0.25, 0.3) is 5.91 Å². The Kier molecular flexibility index (Phi) is 3.91. The van der Waals surface area contributed by atoms with Gasteiger partial charge in [0.2, 0.25) is 5.91 Å². The van der Waals surface area contributed by atoms with E-state index in [9.17, 15) is 22.8 Å². The Bertz CT molecular complexity index is 551. The molecule has 0 bridgehead atoms. The second-order valence-corrected chi connectivity index (χ2v) is 4.95. The van der Waals surface area contributed by atoms with Crippen molar-refractivity contribution in [2.75, 3.05) is 13.2 Å². The highest BCUT2D eigenvalue weighted by molar-refractivity contribution is 5.95. The first-order chi connectivity index (χ1) is 9.72. The lowest BCUT2D eigenvalue weighted by molar-refractivity contribution is -0.137. The summed E-state index contributed by atoms with van der Waals surface area (Å²) in [7, 11) is 0. The Morgan fingerprint density at radius 2 is 1.81 bits per heavy atom. The van der Waals surface area contributed by atoms with E-state index >= 15 is 0 Å². The molecule has 0 aliphatic carbocycles. The molecule has 1 aliphatic rings. The predicted molar refractivity (Wildman–Crippen MR) is 66.3 cm³/mol. The molecule has 0 atom stereocenters. The number of carbonyl (C=O) groups excluding carboxylic acids is 2. The van der Waals surface area contributed by atoms with Crippen molar-refractivity contribution in [3.05, 3.63) is 35.4 Å². The summed E-state index contributed by atoms with van der Waals surface area (Å²) in [5.74, 6) is -1.17. The van der Waals surface area contributed by atoms with Crippen LogP contribution in [0.15, 0.2) is 24.3 Å². The van der Waals surface area contributed by atoms with Gasteiger partial charge in [0.05, 0.1) is 30.7 Å². The molecule has 0 spiro atoms. The summed E-state index contributed by atoms with van der Waals surface area (Å²) in [6.07, 6.45) is -4.54. The lowest BCUT2D eigenvalue weighted by Gasteiger charge is -2.41. The molecule has 114 valence electrons. The van der Waals surface area contributed by atoms with E-state index in [0.717, 1.165) is 24.3 Å². The van der Waals surface area contributed by atoms with Gasteiger partial charge < -0.3 is 15.8 Å². The van der Waals surface area contributed by atoms with E-state index in [1.165, 1.54) is 0 Å². The number of benzene rings is 1. The summed E-state index contributed by atoms with van der Waals surface area (Å²) in [6, 6.07) is 3.81. The molecule has 1 fully saturated rings. The van der Waals surface area contributed by atoms with Gasteiger partial charge in [-0.15, -0.1) is 0 Å². The predicted octanol–water partition coefficient (Wildman–Crippen LogP) is 1.08. The van der Waals surface area contributed by atoms with Crippen molar-refractivity contribution in [3.8, 4) is 0 Å². The van der Waals surface area contributed by atoms with E-state index in [0.29, 0.717) is 0 Å². The number of hydrogen-bond donors (Lipinski definition) is 2. The van der Waals surface area contributed by atoms with Gasteiger partial charge in [-0.3, -0.25) is 9.59 Å². The first kappa shape index (κ1) is 15.3. The molecule has 5 nitrogen and oxygen atoms in total. The van der Waals surface area contributed by atoms with E-state index in [-0.39, 0.29) is 25.2 Å². The molecule has 0 radical (unpaired) electrons. The van der Waals surface area contributed by atoms with Crippen molar-refractivity contribution < 1.29 is 27.5 Å². The average Bonchev–Trinajstić information content (AvgIpc) is 2.34. The number of nitrogens with one attached hydrogen (secondary N) is 1. The van der Waals surface area contributed by atoms with Gasteiger partial charge in [-0.1, -0.05) is 0 Å². The van der Waals surface area contributed by atoms with Gasteiger partial charge in [0, 0.05) is 5.56 Å². The van der Waals surface area contributed by atoms with E-state index < -0.39 is 29.1 Å². The van der Waals surface area contributed by atoms with Gasteiger partial charge in [-0.25, -0.2) is 0 Å². The van der Waals surface area contributed by atoms with E-state index in [1.807, 2.05) is 0 Å². The number of hydrogen-bond acceptors (Lipinski definition) is 3. The molecule has 1 aliphatic heterocycles. The smallest absolute Gasteiger partial charge is 0.376 e. The largest absolute Gasteiger partial charge is 0.416 e. The molecular formula is C13H13F3N2O3. The first-order valence-corrected chi connectivity index (χ1v) is 6.08. The zero-order valence-electron chi connectivity index (χ0n) is 10.9. The van der Waals surface area contributed by atoms with Crippen LogP contribution in [0, 0.1) is 0 Å². The Morgan fingerprint density at radius 1 is 1.24 bits per heavy atom. The maximum absolute atomic E-state index is 12.4. The van der Waals surface area contributed by atoms with Crippen molar-refractivity contribution in [1.29, 1.82) is 0 Å². The molecule has 1 heterocycles. The summed E-state index contributed by atoms with van der Waals surface area (Å²) in [4.78, 5) is 23.0. The molecule has 2 rings (SSSR count). The highest BCUT2D eigenvalue weighted by Gasteiger charge is 2.41. The molecule has 2 amide bonds. The molecule has 1 saturated heterocycles. The SMILES string of the molecule is NC(=O)CC1(NC(=O)c2ccc(C(F)(F)F)cc2)COC1. The summed E-state index contributed by atoms with van der Waals surface area (Å²) < 4.78 is 42.3. The van der Waals surface area contributed by atoms with Crippen LogP contribution in [-0.4, -0.2) is 30.6 Å². The molecule has 0 saturated carbocycles. The van der Waals surface area contributed by atoms with Gasteiger partial charge in [0.15, 0.2) is 0 Å². The van der Waals surface area contributed by atoms with Gasteiger partial charge in [-0.05, 0) is 24.3 Å². The van der Waals surface area contributed by atoms with Crippen LogP contribution in [0.5, 0.6) is 0 Å². The lowest BCUT2D eigenvalue weighted by atomic mass is 9.92. The van der Waals surface area contributed by atoms with Crippen LogP contribution in [0.25, 0.3) is 0 Å². The molecule has 1 aromatic carbocycles. The molecule has 0 aromatic heterocycles. The summed E-state index contributed by atoms with van der Waals surface area (Å²) >= 11 is 0. The monoisotopic (exact) mass is 302 g/mol. The fourth-order valence-electron chi connectivity index (χ4n) is 2.02. The van der Waals surface area contributed by atoms with Crippen molar-refractivity contribution in [2.45, 2.75) is 18.1 Å². The van der Waals surface area contributed by atoms with Crippen LogP contribution in [0.2, 0.25) is 0 Å². The molecule has 8 heteroatoms. The van der Waals surface area contributed by atoms with Gasteiger partial charge in [0.1, 0.15) is 0 Å². The summed E-state index contributed by atoms with van der Waals surface area (Å²) in [5.41, 5.74) is 3.46. The quantitative estimate of drug-likeness (QED) is 0.873. The summed E-state index contributed by atoms with van der Waals surface area (Å²) in [6.45, 7) is 0.282. The third-order valence-corrected chi connectivity index (χ3v) is 3.12. The average molecular weight is 302 g/mol. The number of amides is 2. The minimum absolute atomic E-state index is 0.0683. The normalized spacial score (nSPS) is 16.9. The lowest BCUT2D eigenvalue weighted by Crippen LogP contribution is -2.63. The molecule has 1 aromatic rings. The first-order valence-electron chi connectivity index (χ1n) is 6.08. The van der Waals surface area contributed by atoms with Crippen LogP contribution < -0.4 is 11.1 Å². The number of primary amides is 1. The Labute approximate surface area is 118 Å². The Balaban J connectivity index is 2.08. The van der Waals surface area contributed by atoms with E-state index in [4.69, 9.17) is 10.5 Å². The Hall–Kier alpha value is -2.09. The highest BCUT2D eigenvalue weighted by atomic mass is 19.4. The third-order valence-electron chi connectivity index (χ3n) is 3.12. The topological polar surface area (TPSA) is 81.4 Å². The second kappa shape index (κ2) is 5.36. The third kappa shape index (κ3) is 3.52. The highest BCUT2D eigenvalue weighted by Crippen LogP contribution is 2.29. The maximum atomic E-state index is 12.4. The minimum atomic E-state index is -4.45. The molecule has 0 unspecified atom stereocenters. The fourth-order valence-corrected chi connectivity index (χ4v) is 2.02. The zero-order chi connectivity index (χ0) is 15.7. The van der Waals surface area contributed by atoms with E-state index in [2.05, 4.69) is 5.32 Å². The summed E-state index contributed by atoms with van der Waals surface area (Å²) in [5, 5.41) is 2.59. The molecular weight excluding hydrogens is 289 g/mol. The van der Waals surface area contributed by atoms with Crippen molar-refractivity contribution in [1.82, 2.24) is 5.32 Å². The van der Waals surface area contributed by atoms with Crippen LogP contribution in [0.3, 0.4) is 0 Å². The Morgan fingerprint density at radius 3 is 2.19 bits per heavy atom. The standard InChI is InChI=1S/C13H13F3N2O3/c14-13(15,16)9-3-1-8(2-4-9)11(20)18-12(5-10(17)19)6-21-7-12/h1-4H,5-7H2,(H2,17,19)(H,18,20). The second-order valence-electron chi connectivity index (χ2n) is 4.95. The number of alkyl halides is 3. The minimum Gasteiger partial charge on any atom is -0.376 e. The van der Waals surface area contributed by atoms with Crippen molar-refractivity contribution >= 4 is 11.8 Å². The van der Waals surface area contributed by atoms with Crippen molar-refractivity contribution in [2.24, 2.45) is 5.73 Å². The van der Waals surface area contributed by atoms with Gasteiger partial charge in [-0.2, -0.15) is 13.2 Å². The van der Waals surface area contributed by atoms with Crippen LogP contribution in [-0.2, 0) is 15.7 Å². The molecule has 21 heavy (non-hydrogen) atoms. The number of carbonyl (C=O) groups is 2. The number of halogens is 3. The number of ether oxygens (including phenoxy) is 1. The number of nitrogens with two attached hydrogens (primary N) is 1.